The van der Waals surface area contributed by atoms with Crippen LogP contribution in [0.5, 0.6) is 11.5 Å². The number of hydrazine groups is 1. The molecule has 0 aliphatic heterocycles. The molecule has 0 aliphatic carbocycles. The molecule has 5 nitrogen and oxygen atoms in total. The fourth-order valence-electron chi connectivity index (χ4n) is 1.97. The Labute approximate surface area is 135 Å². The second-order valence-corrected chi connectivity index (χ2v) is 5.51. The topological polar surface area (TPSA) is 67.4 Å². The smallest absolute Gasteiger partial charge is 0.273 e. The van der Waals surface area contributed by atoms with Gasteiger partial charge in [0, 0.05) is 6.42 Å². The summed E-state index contributed by atoms with van der Waals surface area (Å²) in [4.78, 5) is 23.8. The van der Waals surface area contributed by atoms with Gasteiger partial charge in [-0.2, -0.15) is 0 Å². The Morgan fingerprint density at radius 2 is 1.61 bits per heavy atom. The first kappa shape index (κ1) is 16.5. The predicted octanol–water partition coefficient (Wildman–Crippen LogP) is 3.29. The van der Waals surface area contributed by atoms with Crippen molar-refractivity contribution >= 4 is 11.8 Å². The van der Waals surface area contributed by atoms with Gasteiger partial charge in [0.05, 0.1) is 5.56 Å². The Kier molecular flexibility index (Phi) is 5.74. The van der Waals surface area contributed by atoms with E-state index < -0.39 is 5.91 Å². The highest BCUT2D eigenvalue weighted by Crippen LogP contribution is 2.24. The Hall–Kier alpha value is -2.82. The SMILES string of the molecule is CC(C)CC(=O)NNC(=O)c1ccccc1Oc1ccccc1. The van der Waals surface area contributed by atoms with E-state index in [-0.39, 0.29) is 11.8 Å². The molecule has 0 heterocycles. The minimum Gasteiger partial charge on any atom is -0.457 e. The van der Waals surface area contributed by atoms with Crippen molar-refractivity contribution in [3.8, 4) is 11.5 Å². The van der Waals surface area contributed by atoms with Gasteiger partial charge in [-0.25, -0.2) is 0 Å². The van der Waals surface area contributed by atoms with Gasteiger partial charge in [-0.1, -0.05) is 44.2 Å². The van der Waals surface area contributed by atoms with E-state index in [1.165, 1.54) is 0 Å². The minimum atomic E-state index is -0.423. The van der Waals surface area contributed by atoms with Gasteiger partial charge >= 0.3 is 0 Å². The lowest BCUT2D eigenvalue weighted by Crippen LogP contribution is -2.42. The number of para-hydroxylation sites is 2. The summed E-state index contributed by atoms with van der Waals surface area (Å²) >= 11 is 0. The van der Waals surface area contributed by atoms with E-state index in [9.17, 15) is 9.59 Å². The Bertz CT molecular complexity index is 669. The van der Waals surface area contributed by atoms with E-state index in [4.69, 9.17) is 4.74 Å². The van der Waals surface area contributed by atoms with Gasteiger partial charge in [0.15, 0.2) is 0 Å². The summed E-state index contributed by atoms with van der Waals surface area (Å²) in [6.45, 7) is 3.87. The zero-order chi connectivity index (χ0) is 16.7. The van der Waals surface area contributed by atoms with Crippen LogP contribution in [0.2, 0.25) is 0 Å². The van der Waals surface area contributed by atoms with Crippen molar-refractivity contribution < 1.29 is 14.3 Å². The average Bonchev–Trinajstić information content (AvgIpc) is 2.53. The molecule has 0 radical (unpaired) electrons. The highest BCUT2D eigenvalue weighted by molar-refractivity contribution is 5.97. The molecule has 2 aromatic rings. The number of hydrogen-bond donors (Lipinski definition) is 2. The van der Waals surface area contributed by atoms with Gasteiger partial charge in [-0.05, 0) is 30.2 Å². The van der Waals surface area contributed by atoms with Crippen molar-refractivity contribution in [2.24, 2.45) is 5.92 Å². The first-order valence-corrected chi connectivity index (χ1v) is 7.47. The molecule has 2 amide bonds. The lowest BCUT2D eigenvalue weighted by Gasteiger charge is -2.12. The Morgan fingerprint density at radius 3 is 2.30 bits per heavy atom. The summed E-state index contributed by atoms with van der Waals surface area (Å²) in [5.74, 6) is 0.634. The fourth-order valence-corrected chi connectivity index (χ4v) is 1.97. The molecular weight excluding hydrogens is 292 g/mol. The summed E-state index contributed by atoms with van der Waals surface area (Å²) in [6, 6.07) is 16.1. The number of amides is 2. The van der Waals surface area contributed by atoms with E-state index in [0.29, 0.717) is 23.5 Å². The third kappa shape index (κ3) is 5.14. The zero-order valence-corrected chi connectivity index (χ0v) is 13.2. The average molecular weight is 312 g/mol. The molecule has 5 heteroatoms. The maximum absolute atomic E-state index is 12.2. The standard InChI is InChI=1S/C18H20N2O3/c1-13(2)12-17(21)19-20-18(22)15-10-6-7-11-16(15)23-14-8-4-3-5-9-14/h3-11,13H,12H2,1-2H3,(H,19,21)(H,20,22). The van der Waals surface area contributed by atoms with Gasteiger partial charge in [-0.3, -0.25) is 20.4 Å². The molecule has 2 aromatic carbocycles. The van der Waals surface area contributed by atoms with E-state index in [1.807, 2.05) is 32.0 Å². The van der Waals surface area contributed by atoms with E-state index >= 15 is 0 Å². The van der Waals surface area contributed by atoms with Crippen LogP contribution in [-0.2, 0) is 4.79 Å². The van der Waals surface area contributed by atoms with Crippen LogP contribution in [0.1, 0.15) is 30.6 Å². The van der Waals surface area contributed by atoms with E-state index in [1.54, 1.807) is 36.4 Å². The summed E-state index contributed by atoms with van der Waals surface area (Å²) in [7, 11) is 0. The van der Waals surface area contributed by atoms with Crippen LogP contribution in [0, 0.1) is 5.92 Å². The number of rotatable bonds is 5. The zero-order valence-electron chi connectivity index (χ0n) is 13.2. The molecule has 0 unspecified atom stereocenters. The van der Waals surface area contributed by atoms with Crippen molar-refractivity contribution in [1.82, 2.24) is 10.9 Å². The first-order chi connectivity index (χ1) is 11.1. The van der Waals surface area contributed by atoms with Crippen LogP contribution in [0.25, 0.3) is 0 Å². The third-order valence-corrected chi connectivity index (χ3v) is 3.01. The Morgan fingerprint density at radius 1 is 0.957 bits per heavy atom. The summed E-state index contributed by atoms with van der Waals surface area (Å²) in [5.41, 5.74) is 5.17. The van der Waals surface area contributed by atoms with Gasteiger partial charge < -0.3 is 4.74 Å². The summed E-state index contributed by atoms with van der Waals surface area (Å²) in [5, 5.41) is 0. The van der Waals surface area contributed by atoms with Crippen LogP contribution < -0.4 is 15.6 Å². The maximum Gasteiger partial charge on any atom is 0.273 e. The Balaban J connectivity index is 2.04. The lowest BCUT2D eigenvalue weighted by atomic mass is 10.1. The molecule has 0 atom stereocenters. The third-order valence-electron chi connectivity index (χ3n) is 3.01. The second-order valence-electron chi connectivity index (χ2n) is 5.51. The van der Waals surface area contributed by atoms with Crippen LogP contribution in [0.4, 0.5) is 0 Å². The number of ether oxygens (including phenoxy) is 1. The highest BCUT2D eigenvalue weighted by Gasteiger charge is 2.14. The van der Waals surface area contributed by atoms with Crippen molar-refractivity contribution in [3.05, 3.63) is 60.2 Å². The first-order valence-electron chi connectivity index (χ1n) is 7.47. The second kappa shape index (κ2) is 7.98. The number of carbonyl (C=O) groups excluding carboxylic acids is 2. The molecule has 0 spiro atoms. The molecule has 2 rings (SSSR count). The molecule has 0 saturated heterocycles. The van der Waals surface area contributed by atoms with E-state index in [2.05, 4.69) is 10.9 Å². The predicted molar refractivity (Wildman–Crippen MR) is 88.0 cm³/mol. The molecule has 120 valence electrons. The number of benzene rings is 2. The molecule has 0 aromatic heterocycles. The molecule has 2 N–H and O–H groups in total. The van der Waals surface area contributed by atoms with Gasteiger partial charge in [0.2, 0.25) is 5.91 Å². The van der Waals surface area contributed by atoms with Gasteiger partial charge in [0.1, 0.15) is 11.5 Å². The monoisotopic (exact) mass is 312 g/mol. The summed E-state index contributed by atoms with van der Waals surface area (Å²) in [6.07, 6.45) is 0.350. The summed E-state index contributed by atoms with van der Waals surface area (Å²) < 4.78 is 5.73. The van der Waals surface area contributed by atoms with Crippen molar-refractivity contribution in [2.45, 2.75) is 20.3 Å². The molecule has 0 aliphatic rings. The number of carbonyl (C=O) groups is 2. The van der Waals surface area contributed by atoms with Crippen LogP contribution >= 0.6 is 0 Å². The van der Waals surface area contributed by atoms with Crippen LogP contribution in [0.3, 0.4) is 0 Å². The molecule has 23 heavy (non-hydrogen) atoms. The minimum absolute atomic E-state index is 0.223. The number of nitrogens with one attached hydrogen (secondary N) is 2. The van der Waals surface area contributed by atoms with E-state index in [0.717, 1.165) is 0 Å². The van der Waals surface area contributed by atoms with Crippen LogP contribution in [0.15, 0.2) is 54.6 Å². The molecule has 0 saturated carbocycles. The maximum atomic E-state index is 12.2. The highest BCUT2D eigenvalue weighted by atomic mass is 16.5. The van der Waals surface area contributed by atoms with Crippen molar-refractivity contribution in [3.63, 3.8) is 0 Å². The van der Waals surface area contributed by atoms with Crippen LogP contribution in [-0.4, -0.2) is 11.8 Å². The largest absolute Gasteiger partial charge is 0.457 e. The quantitative estimate of drug-likeness (QED) is 0.833. The normalized spacial score (nSPS) is 10.2. The van der Waals surface area contributed by atoms with Gasteiger partial charge in [0.25, 0.3) is 5.91 Å². The number of hydrogen-bond acceptors (Lipinski definition) is 3. The molecular formula is C18H20N2O3. The molecule has 0 fully saturated rings. The molecule has 0 bridgehead atoms. The fraction of sp³-hybridized carbons (Fsp3) is 0.222. The van der Waals surface area contributed by atoms with Crippen molar-refractivity contribution in [2.75, 3.05) is 0 Å². The lowest BCUT2D eigenvalue weighted by molar-refractivity contribution is -0.122. The van der Waals surface area contributed by atoms with Crippen molar-refractivity contribution in [1.29, 1.82) is 0 Å². The van der Waals surface area contributed by atoms with Gasteiger partial charge in [-0.15, -0.1) is 0 Å².